The number of rotatable bonds is 8. The molecule has 3 aromatic rings. The lowest BCUT2D eigenvalue weighted by atomic mass is 10.2. The number of anilines is 1. The van der Waals surface area contributed by atoms with Crippen LogP contribution in [0.15, 0.2) is 52.1 Å². The van der Waals surface area contributed by atoms with Crippen molar-refractivity contribution in [2.24, 2.45) is 13.0 Å². The molecular formula is C21H22BrClN4O2S. The Balaban J connectivity index is 1.60. The molecule has 0 bridgehead atoms. The Morgan fingerprint density at radius 1 is 1.23 bits per heavy atom. The first-order valence-electron chi connectivity index (χ1n) is 9.34. The highest BCUT2D eigenvalue weighted by atomic mass is 79.9. The summed E-state index contributed by atoms with van der Waals surface area (Å²) in [5, 5.41) is 12.4. The van der Waals surface area contributed by atoms with Crippen LogP contribution >= 0.6 is 39.3 Å². The van der Waals surface area contributed by atoms with E-state index in [1.165, 1.54) is 11.8 Å². The Hall–Kier alpha value is -2.03. The van der Waals surface area contributed by atoms with Gasteiger partial charge >= 0.3 is 0 Å². The third-order valence-corrected chi connectivity index (χ3v) is 5.89. The van der Waals surface area contributed by atoms with Crippen molar-refractivity contribution in [3.05, 3.63) is 52.0 Å². The molecule has 0 spiro atoms. The number of nitrogens with one attached hydrogen (secondary N) is 1. The van der Waals surface area contributed by atoms with E-state index in [-0.39, 0.29) is 11.7 Å². The minimum absolute atomic E-state index is 0.166. The van der Waals surface area contributed by atoms with E-state index in [1.54, 1.807) is 12.1 Å². The molecule has 2 aromatic carbocycles. The number of aromatic nitrogens is 3. The first-order valence-corrected chi connectivity index (χ1v) is 11.5. The second-order valence-corrected chi connectivity index (χ2v) is 9.32. The molecule has 0 radical (unpaired) electrons. The molecule has 0 unspecified atom stereocenters. The van der Waals surface area contributed by atoms with Crippen molar-refractivity contribution < 1.29 is 9.53 Å². The van der Waals surface area contributed by atoms with Gasteiger partial charge in [0.15, 0.2) is 11.0 Å². The molecule has 0 aliphatic carbocycles. The van der Waals surface area contributed by atoms with Crippen molar-refractivity contribution in [3.8, 4) is 17.1 Å². The zero-order valence-electron chi connectivity index (χ0n) is 16.9. The van der Waals surface area contributed by atoms with E-state index in [0.717, 1.165) is 21.6 Å². The quantitative estimate of drug-likeness (QED) is 0.397. The lowest BCUT2D eigenvalue weighted by Crippen LogP contribution is -2.14. The van der Waals surface area contributed by atoms with Gasteiger partial charge in [0.05, 0.1) is 23.1 Å². The average Bonchev–Trinajstić information content (AvgIpc) is 3.08. The maximum atomic E-state index is 12.3. The van der Waals surface area contributed by atoms with Crippen LogP contribution in [0.1, 0.15) is 13.8 Å². The standard InChI is InChI=1S/C21H22BrClN4O2S/c1-13(2)11-29-16-7-4-14(5-8-16)20-25-26-21(27(20)3)30-12-19(28)24-18-9-6-15(22)10-17(18)23/h4-10,13H,11-12H2,1-3H3,(H,24,28). The van der Waals surface area contributed by atoms with Crippen molar-refractivity contribution in [2.45, 2.75) is 19.0 Å². The van der Waals surface area contributed by atoms with Crippen LogP contribution in [0, 0.1) is 5.92 Å². The summed E-state index contributed by atoms with van der Waals surface area (Å²) in [7, 11) is 1.88. The molecule has 30 heavy (non-hydrogen) atoms. The van der Waals surface area contributed by atoms with Gasteiger partial charge in [-0.05, 0) is 48.4 Å². The summed E-state index contributed by atoms with van der Waals surface area (Å²) in [6, 6.07) is 13.1. The summed E-state index contributed by atoms with van der Waals surface area (Å²) >= 11 is 10.8. The van der Waals surface area contributed by atoms with E-state index in [9.17, 15) is 4.79 Å². The van der Waals surface area contributed by atoms with Crippen LogP contribution in [0.4, 0.5) is 5.69 Å². The van der Waals surface area contributed by atoms with E-state index in [2.05, 4.69) is 45.3 Å². The second-order valence-electron chi connectivity index (χ2n) is 7.06. The number of carbonyl (C=O) groups is 1. The molecule has 9 heteroatoms. The molecule has 158 valence electrons. The van der Waals surface area contributed by atoms with Gasteiger partial charge in [-0.2, -0.15) is 0 Å². The Morgan fingerprint density at radius 2 is 1.97 bits per heavy atom. The fraction of sp³-hybridized carbons (Fsp3) is 0.286. The van der Waals surface area contributed by atoms with Crippen LogP contribution in [-0.2, 0) is 11.8 Å². The topological polar surface area (TPSA) is 69.0 Å². The molecule has 1 aromatic heterocycles. The van der Waals surface area contributed by atoms with Crippen LogP contribution in [0.25, 0.3) is 11.4 Å². The lowest BCUT2D eigenvalue weighted by molar-refractivity contribution is -0.113. The summed E-state index contributed by atoms with van der Waals surface area (Å²) in [6.45, 7) is 4.90. The van der Waals surface area contributed by atoms with Gasteiger partial charge in [0.1, 0.15) is 5.75 Å². The number of nitrogens with zero attached hydrogens (tertiary/aromatic N) is 3. The van der Waals surface area contributed by atoms with Gasteiger partial charge in [-0.15, -0.1) is 10.2 Å². The van der Waals surface area contributed by atoms with Gasteiger partial charge in [-0.3, -0.25) is 4.79 Å². The highest BCUT2D eigenvalue weighted by Crippen LogP contribution is 2.27. The van der Waals surface area contributed by atoms with E-state index in [4.69, 9.17) is 16.3 Å². The molecule has 0 aliphatic rings. The van der Waals surface area contributed by atoms with E-state index >= 15 is 0 Å². The van der Waals surface area contributed by atoms with Crippen LogP contribution in [0.5, 0.6) is 5.75 Å². The number of thioether (sulfide) groups is 1. The highest BCUT2D eigenvalue weighted by molar-refractivity contribution is 9.10. The number of halogens is 2. The smallest absolute Gasteiger partial charge is 0.234 e. The van der Waals surface area contributed by atoms with Gasteiger partial charge in [0.25, 0.3) is 0 Å². The molecule has 1 N–H and O–H groups in total. The molecule has 0 saturated carbocycles. The normalized spacial score (nSPS) is 11.0. The minimum Gasteiger partial charge on any atom is -0.493 e. The Kier molecular flexibility index (Phi) is 7.80. The third kappa shape index (κ3) is 6.00. The van der Waals surface area contributed by atoms with Gasteiger partial charge < -0.3 is 14.6 Å². The van der Waals surface area contributed by atoms with E-state index in [0.29, 0.717) is 28.4 Å². The van der Waals surface area contributed by atoms with Gasteiger partial charge in [0.2, 0.25) is 5.91 Å². The molecular weight excluding hydrogens is 488 g/mol. The van der Waals surface area contributed by atoms with Gasteiger partial charge in [0, 0.05) is 17.1 Å². The summed E-state index contributed by atoms with van der Waals surface area (Å²) in [5.41, 5.74) is 1.50. The largest absolute Gasteiger partial charge is 0.493 e. The van der Waals surface area contributed by atoms with Gasteiger partial charge in [-0.25, -0.2) is 0 Å². The van der Waals surface area contributed by atoms with Crippen LogP contribution in [-0.4, -0.2) is 33.0 Å². The predicted octanol–water partition coefficient (Wildman–Crippen LogP) is 5.66. The third-order valence-electron chi connectivity index (χ3n) is 4.07. The zero-order chi connectivity index (χ0) is 21.7. The van der Waals surface area contributed by atoms with Crippen molar-refractivity contribution in [2.75, 3.05) is 17.7 Å². The summed E-state index contributed by atoms with van der Waals surface area (Å²) in [6.07, 6.45) is 0. The first kappa shape index (κ1) is 22.7. The molecule has 6 nitrogen and oxygen atoms in total. The van der Waals surface area contributed by atoms with Crippen molar-refractivity contribution in [1.82, 2.24) is 14.8 Å². The fourth-order valence-corrected chi connectivity index (χ4v) is 3.99. The first-order chi connectivity index (χ1) is 14.3. The maximum Gasteiger partial charge on any atom is 0.234 e. The van der Waals surface area contributed by atoms with Crippen LogP contribution in [0.2, 0.25) is 5.02 Å². The fourth-order valence-electron chi connectivity index (χ4n) is 2.56. The number of carbonyl (C=O) groups excluding carboxylic acids is 1. The molecule has 0 atom stereocenters. The number of hydrogen-bond acceptors (Lipinski definition) is 5. The maximum absolute atomic E-state index is 12.3. The van der Waals surface area contributed by atoms with Crippen molar-refractivity contribution in [3.63, 3.8) is 0 Å². The minimum atomic E-state index is -0.166. The summed E-state index contributed by atoms with van der Waals surface area (Å²) < 4.78 is 8.44. The van der Waals surface area contributed by atoms with Gasteiger partial charge in [-0.1, -0.05) is 53.1 Å². The number of ether oxygens (including phenoxy) is 1. The molecule has 0 saturated heterocycles. The average molecular weight is 510 g/mol. The van der Waals surface area contributed by atoms with Crippen LogP contribution in [0.3, 0.4) is 0 Å². The SMILES string of the molecule is CC(C)COc1ccc(-c2nnc(SCC(=O)Nc3ccc(Br)cc3Cl)n2C)cc1. The molecule has 1 heterocycles. The number of benzene rings is 2. The number of hydrogen-bond donors (Lipinski definition) is 1. The zero-order valence-corrected chi connectivity index (χ0v) is 20.0. The van der Waals surface area contributed by atoms with Crippen molar-refractivity contribution in [1.29, 1.82) is 0 Å². The second kappa shape index (κ2) is 10.3. The summed E-state index contributed by atoms with van der Waals surface area (Å²) in [4.78, 5) is 12.3. The number of amides is 1. The molecule has 0 fully saturated rings. The molecule has 1 amide bonds. The van der Waals surface area contributed by atoms with E-state index in [1.807, 2.05) is 41.9 Å². The molecule has 0 aliphatic heterocycles. The van der Waals surface area contributed by atoms with Crippen molar-refractivity contribution >= 4 is 50.9 Å². The molecule has 3 rings (SSSR count). The Morgan fingerprint density at radius 3 is 2.63 bits per heavy atom. The Labute approximate surface area is 193 Å². The summed E-state index contributed by atoms with van der Waals surface area (Å²) in [5.74, 6) is 2.05. The monoisotopic (exact) mass is 508 g/mol. The van der Waals surface area contributed by atoms with Crippen LogP contribution < -0.4 is 10.1 Å². The predicted molar refractivity (Wildman–Crippen MR) is 125 cm³/mol. The lowest BCUT2D eigenvalue weighted by Gasteiger charge is -2.09. The van der Waals surface area contributed by atoms with E-state index < -0.39 is 0 Å². The highest BCUT2D eigenvalue weighted by Gasteiger charge is 2.14. The Bertz CT molecular complexity index is 1020.